The van der Waals surface area contributed by atoms with Gasteiger partial charge in [0.2, 0.25) is 0 Å². The van der Waals surface area contributed by atoms with Crippen molar-refractivity contribution in [2.24, 2.45) is 0 Å². The van der Waals surface area contributed by atoms with Crippen LogP contribution in [0.5, 0.6) is 11.5 Å². The normalized spacial score (nSPS) is 23.0. The highest BCUT2D eigenvalue weighted by molar-refractivity contribution is 5.31. The molecule has 0 aliphatic carbocycles. The van der Waals surface area contributed by atoms with Crippen molar-refractivity contribution >= 4 is 0 Å². The molecular weight excluding hydrogens is 276 g/mol. The molecule has 0 amide bonds. The van der Waals surface area contributed by atoms with Crippen LogP contribution in [0.3, 0.4) is 0 Å². The molecule has 0 aromatic heterocycles. The number of likely N-dealkylation sites (N-methyl/N-ethyl adjacent to an activating group) is 1. The van der Waals surface area contributed by atoms with E-state index in [1.54, 1.807) is 9.80 Å². The molecular formula is C18H32N2O2+2. The van der Waals surface area contributed by atoms with E-state index in [4.69, 9.17) is 9.47 Å². The minimum atomic E-state index is 0.264. The molecule has 22 heavy (non-hydrogen) atoms. The summed E-state index contributed by atoms with van der Waals surface area (Å²) < 4.78 is 11.6. The lowest BCUT2D eigenvalue weighted by atomic mass is 10.3. The van der Waals surface area contributed by atoms with E-state index in [9.17, 15) is 0 Å². The van der Waals surface area contributed by atoms with Gasteiger partial charge in [0.05, 0.1) is 26.3 Å². The maximum atomic E-state index is 5.83. The van der Waals surface area contributed by atoms with Gasteiger partial charge in [-0.15, -0.1) is 0 Å². The molecule has 0 saturated carbocycles. The molecule has 1 saturated heterocycles. The largest absolute Gasteiger partial charge is 0.493 e. The second kappa shape index (κ2) is 9.01. The first-order valence-corrected chi connectivity index (χ1v) is 8.71. The molecule has 4 heteroatoms. The van der Waals surface area contributed by atoms with Crippen LogP contribution in [0.4, 0.5) is 0 Å². The van der Waals surface area contributed by atoms with Crippen LogP contribution in [0.15, 0.2) is 24.3 Å². The zero-order valence-electron chi connectivity index (χ0n) is 14.4. The summed E-state index contributed by atoms with van der Waals surface area (Å²) in [7, 11) is 2.29. The van der Waals surface area contributed by atoms with Crippen LogP contribution in [-0.4, -0.2) is 52.5 Å². The van der Waals surface area contributed by atoms with Gasteiger partial charge in [0, 0.05) is 6.42 Å². The highest BCUT2D eigenvalue weighted by Gasteiger charge is 2.18. The minimum absolute atomic E-state index is 0.264. The molecule has 1 atom stereocenters. The molecule has 2 N–H and O–H groups in total. The molecule has 124 valence electrons. The first kappa shape index (κ1) is 17.1. The molecule has 1 aliphatic rings. The SMILES string of the molecule is CC[C@H](C)Oc1ccc(OCCC[NH+]2CC[NH+](C)CC2)cc1. The van der Waals surface area contributed by atoms with Crippen LogP contribution >= 0.6 is 0 Å². The van der Waals surface area contributed by atoms with Gasteiger partial charge in [-0.05, 0) is 37.6 Å². The lowest BCUT2D eigenvalue weighted by Gasteiger charge is -2.27. The number of hydrogen-bond donors (Lipinski definition) is 2. The highest BCUT2D eigenvalue weighted by Crippen LogP contribution is 2.19. The lowest BCUT2D eigenvalue weighted by molar-refractivity contribution is -1.00. The van der Waals surface area contributed by atoms with Gasteiger partial charge in [-0.25, -0.2) is 0 Å². The Balaban J connectivity index is 1.62. The van der Waals surface area contributed by atoms with Crippen LogP contribution in [0, 0.1) is 0 Å². The Bertz CT molecular complexity index is 414. The van der Waals surface area contributed by atoms with Gasteiger partial charge >= 0.3 is 0 Å². The Morgan fingerprint density at radius 3 is 2.32 bits per heavy atom. The summed E-state index contributed by atoms with van der Waals surface area (Å²) in [6, 6.07) is 8.00. The second-order valence-corrected chi connectivity index (χ2v) is 6.47. The summed E-state index contributed by atoms with van der Waals surface area (Å²) in [6.45, 7) is 11.4. The number of benzene rings is 1. The molecule has 1 heterocycles. The number of piperazine rings is 1. The minimum Gasteiger partial charge on any atom is -0.493 e. The van der Waals surface area contributed by atoms with E-state index in [-0.39, 0.29) is 6.10 Å². The fourth-order valence-electron chi connectivity index (χ4n) is 2.72. The maximum Gasteiger partial charge on any atom is 0.127 e. The summed E-state index contributed by atoms with van der Waals surface area (Å²) in [5.74, 6) is 1.86. The third-order valence-electron chi connectivity index (χ3n) is 4.49. The number of nitrogens with one attached hydrogen (secondary N) is 2. The van der Waals surface area contributed by atoms with Crippen molar-refractivity contribution in [3.8, 4) is 11.5 Å². The van der Waals surface area contributed by atoms with E-state index < -0.39 is 0 Å². The van der Waals surface area contributed by atoms with Crippen molar-refractivity contribution in [1.82, 2.24) is 0 Å². The summed E-state index contributed by atoms with van der Waals surface area (Å²) >= 11 is 0. The van der Waals surface area contributed by atoms with Gasteiger partial charge in [0.15, 0.2) is 0 Å². The smallest absolute Gasteiger partial charge is 0.127 e. The van der Waals surface area contributed by atoms with Crippen molar-refractivity contribution in [3.05, 3.63) is 24.3 Å². The van der Waals surface area contributed by atoms with Crippen molar-refractivity contribution in [2.45, 2.75) is 32.8 Å². The van der Waals surface area contributed by atoms with E-state index in [1.807, 2.05) is 24.3 Å². The zero-order valence-corrected chi connectivity index (χ0v) is 14.4. The average Bonchev–Trinajstić information content (AvgIpc) is 2.54. The first-order chi connectivity index (χ1) is 10.7. The first-order valence-electron chi connectivity index (χ1n) is 8.71. The Hall–Kier alpha value is -1.26. The third-order valence-corrected chi connectivity index (χ3v) is 4.49. The van der Waals surface area contributed by atoms with Crippen LogP contribution in [0.2, 0.25) is 0 Å². The predicted octanol–water partition coefficient (Wildman–Crippen LogP) is 0.0460. The van der Waals surface area contributed by atoms with Crippen LogP contribution in [0.25, 0.3) is 0 Å². The molecule has 1 aromatic carbocycles. The summed E-state index contributed by atoms with van der Waals surface area (Å²) in [5, 5.41) is 0. The van der Waals surface area contributed by atoms with Crippen LogP contribution in [0.1, 0.15) is 26.7 Å². The molecule has 0 spiro atoms. The Labute approximate surface area is 135 Å². The van der Waals surface area contributed by atoms with E-state index >= 15 is 0 Å². The Morgan fingerprint density at radius 2 is 1.68 bits per heavy atom. The van der Waals surface area contributed by atoms with Crippen LogP contribution in [-0.2, 0) is 0 Å². The molecule has 0 bridgehead atoms. The Morgan fingerprint density at radius 1 is 1.05 bits per heavy atom. The summed E-state index contributed by atoms with van der Waals surface area (Å²) in [6.07, 6.45) is 2.41. The monoisotopic (exact) mass is 308 g/mol. The second-order valence-electron chi connectivity index (χ2n) is 6.47. The van der Waals surface area contributed by atoms with Gasteiger partial charge in [0.25, 0.3) is 0 Å². The van der Waals surface area contributed by atoms with Gasteiger partial charge < -0.3 is 19.3 Å². The topological polar surface area (TPSA) is 27.3 Å². The number of rotatable bonds is 8. The van der Waals surface area contributed by atoms with E-state index in [2.05, 4.69) is 20.9 Å². The van der Waals surface area contributed by atoms with Gasteiger partial charge in [-0.3, -0.25) is 0 Å². The fourth-order valence-corrected chi connectivity index (χ4v) is 2.72. The quantitative estimate of drug-likeness (QED) is 0.664. The molecule has 1 aromatic rings. The standard InChI is InChI=1S/C18H30N2O2/c1-4-16(2)22-18-8-6-17(7-9-18)21-15-5-10-20-13-11-19(3)12-14-20/h6-9,16H,4-5,10-15H2,1-3H3/p+2/t16-/m0/s1. The predicted molar refractivity (Wildman–Crippen MR) is 89.1 cm³/mol. The van der Waals surface area contributed by atoms with Crippen LogP contribution < -0.4 is 19.3 Å². The molecule has 4 nitrogen and oxygen atoms in total. The van der Waals surface area contributed by atoms with Gasteiger partial charge in [-0.2, -0.15) is 0 Å². The van der Waals surface area contributed by atoms with Gasteiger partial charge in [0.1, 0.15) is 37.7 Å². The van der Waals surface area contributed by atoms with E-state index in [0.29, 0.717) is 0 Å². The number of quaternary nitrogens is 2. The number of ether oxygens (including phenoxy) is 2. The van der Waals surface area contributed by atoms with Crippen molar-refractivity contribution in [3.63, 3.8) is 0 Å². The van der Waals surface area contributed by atoms with E-state index in [0.717, 1.165) is 30.9 Å². The summed E-state index contributed by atoms with van der Waals surface area (Å²) in [5.41, 5.74) is 0. The average molecular weight is 308 g/mol. The van der Waals surface area contributed by atoms with Crippen molar-refractivity contribution < 1.29 is 19.3 Å². The molecule has 0 unspecified atom stereocenters. The summed E-state index contributed by atoms with van der Waals surface area (Å²) in [4.78, 5) is 3.39. The third kappa shape index (κ3) is 5.85. The highest BCUT2D eigenvalue weighted by atomic mass is 16.5. The fraction of sp³-hybridized carbons (Fsp3) is 0.667. The zero-order chi connectivity index (χ0) is 15.8. The molecule has 0 radical (unpaired) electrons. The van der Waals surface area contributed by atoms with Gasteiger partial charge in [-0.1, -0.05) is 6.92 Å². The van der Waals surface area contributed by atoms with E-state index in [1.165, 1.54) is 32.7 Å². The number of hydrogen-bond acceptors (Lipinski definition) is 2. The maximum absolute atomic E-state index is 5.83. The molecule has 2 rings (SSSR count). The van der Waals surface area contributed by atoms with Crippen molar-refractivity contribution in [1.29, 1.82) is 0 Å². The lowest BCUT2D eigenvalue weighted by Crippen LogP contribution is -3.27. The Kier molecular flexibility index (Phi) is 7.00. The molecule has 1 fully saturated rings. The van der Waals surface area contributed by atoms with Crippen molar-refractivity contribution in [2.75, 3.05) is 46.4 Å². The molecule has 1 aliphatic heterocycles.